The van der Waals surface area contributed by atoms with Crippen LogP contribution in [0.4, 0.5) is 18.0 Å². The maximum Gasteiger partial charge on any atom is 0.416 e. The third-order valence-corrected chi connectivity index (χ3v) is 6.15. The van der Waals surface area contributed by atoms with E-state index in [-0.39, 0.29) is 23.6 Å². The standard InChI is InChI=1S/C26H27F3N4O5/c1-13-11-18(34)19-20(21(13)35)33-10-9-16(22(33)32-19)30-23(36)17(31-24(37)38-25(2,3)4)12-14-5-7-15(8-6-14)26(27,28)29/h5-8,11,16-17H,9-10,12H2,1-4H3,(H,30,36)(H,31,37)/t16-,17-/m0/s1. The number of aromatic nitrogens is 2. The number of allylic oxidation sites excluding steroid dienone is 2. The van der Waals surface area contributed by atoms with E-state index < -0.39 is 47.2 Å². The number of alkyl halides is 3. The number of carbonyl (C=O) groups is 4. The Kier molecular flexibility index (Phi) is 6.94. The molecule has 2 aromatic rings. The summed E-state index contributed by atoms with van der Waals surface area (Å²) in [6.07, 6.45) is -3.87. The minimum Gasteiger partial charge on any atom is -0.444 e. The maximum absolute atomic E-state index is 13.3. The molecule has 38 heavy (non-hydrogen) atoms. The van der Waals surface area contributed by atoms with Crippen LogP contribution in [0.1, 0.15) is 78.1 Å². The minimum absolute atomic E-state index is 0.0303. The minimum atomic E-state index is -4.51. The Morgan fingerprint density at radius 1 is 1.16 bits per heavy atom. The number of hydrogen-bond donors (Lipinski definition) is 2. The Hall–Kier alpha value is -3.96. The third kappa shape index (κ3) is 5.63. The number of nitrogens with zero attached hydrogens (tertiary/aromatic N) is 2. The van der Waals surface area contributed by atoms with Gasteiger partial charge in [0, 0.05) is 18.5 Å². The van der Waals surface area contributed by atoms with Crippen molar-refractivity contribution in [2.24, 2.45) is 0 Å². The van der Waals surface area contributed by atoms with E-state index in [0.717, 1.165) is 12.1 Å². The second kappa shape index (κ2) is 9.73. The van der Waals surface area contributed by atoms with E-state index in [9.17, 15) is 32.3 Å². The van der Waals surface area contributed by atoms with Gasteiger partial charge >= 0.3 is 12.3 Å². The number of halogens is 3. The van der Waals surface area contributed by atoms with Crippen LogP contribution in [-0.2, 0) is 28.7 Å². The van der Waals surface area contributed by atoms with Gasteiger partial charge in [-0.2, -0.15) is 13.2 Å². The molecule has 2 aliphatic rings. The molecule has 0 radical (unpaired) electrons. The SMILES string of the molecule is CC1=CC(=O)c2nc3n(c2C1=O)CC[C@@H]3NC(=O)[C@H](Cc1ccc(C(F)(F)F)cc1)NC(=O)OC(C)(C)C. The van der Waals surface area contributed by atoms with Gasteiger partial charge in [-0.05, 0) is 57.9 Å². The number of carbonyl (C=O) groups excluding carboxylic acids is 4. The van der Waals surface area contributed by atoms with Gasteiger partial charge in [-0.25, -0.2) is 9.78 Å². The highest BCUT2D eigenvalue weighted by Crippen LogP contribution is 2.32. The number of fused-ring (bicyclic) bond motifs is 3. The van der Waals surface area contributed by atoms with E-state index in [4.69, 9.17) is 4.74 Å². The summed E-state index contributed by atoms with van der Waals surface area (Å²) in [6, 6.07) is 2.45. The Labute approximate surface area is 216 Å². The molecule has 0 saturated carbocycles. The average Bonchev–Trinajstić information content (AvgIpc) is 3.36. The molecule has 0 bridgehead atoms. The fourth-order valence-corrected chi connectivity index (χ4v) is 4.40. The maximum atomic E-state index is 13.3. The summed E-state index contributed by atoms with van der Waals surface area (Å²) >= 11 is 0. The molecular weight excluding hydrogens is 505 g/mol. The van der Waals surface area contributed by atoms with Crippen molar-refractivity contribution in [3.8, 4) is 0 Å². The van der Waals surface area contributed by atoms with E-state index in [2.05, 4.69) is 15.6 Å². The first kappa shape index (κ1) is 27.1. The van der Waals surface area contributed by atoms with Crippen molar-refractivity contribution in [2.75, 3.05) is 0 Å². The first-order valence-corrected chi connectivity index (χ1v) is 12.0. The summed E-state index contributed by atoms with van der Waals surface area (Å²) in [5, 5.41) is 5.29. The monoisotopic (exact) mass is 532 g/mol. The van der Waals surface area contributed by atoms with Gasteiger partial charge in [-0.15, -0.1) is 0 Å². The van der Waals surface area contributed by atoms with E-state index in [1.807, 2.05) is 0 Å². The molecule has 0 fully saturated rings. The normalized spacial score (nSPS) is 17.9. The Morgan fingerprint density at radius 3 is 2.42 bits per heavy atom. The number of Topliss-reactive ketones (excluding diaryl/α,β-unsaturated/α-hetero) is 1. The number of benzene rings is 1. The molecule has 2 atom stereocenters. The van der Waals surface area contributed by atoms with E-state index >= 15 is 0 Å². The van der Waals surface area contributed by atoms with Crippen molar-refractivity contribution >= 4 is 23.6 Å². The smallest absolute Gasteiger partial charge is 0.416 e. The zero-order chi connectivity index (χ0) is 28.0. The van der Waals surface area contributed by atoms with Crippen molar-refractivity contribution < 1.29 is 37.1 Å². The summed E-state index contributed by atoms with van der Waals surface area (Å²) < 4.78 is 45.7. The van der Waals surface area contributed by atoms with Crippen LogP contribution in [0, 0.1) is 0 Å². The summed E-state index contributed by atoms with van der Waals surface area (Å²) in [4.78, 5) is 55.1. The van der Waals surface area contributed by atoms with Crippen molar-refractivity contribution in [1.29, 1.82) is 0 Å². The molecule has 0 spiro atoms. The molecule has 1 aromatic heterocycles. The largest absolute Gasteiger partial charge is 0.444 e. The van der Waals surface area contributed by atoms with Crippen LogP contribution < -0.4 is 10.6 Å². The van der Waals surface area contributed by atoms with Crippen molar-refractivity contribution in [3.05, 3.63) is 64.3 Å². The molecule has 1 aliphatic carbocycles. The molecule has 2 heterocycles. The van der Waals surface area contributed by atoms with Gasteiger partial charge in [0.2, 0.25) is 17.5 Å². The summed E-state index contributed by atoms with van der Waals surface area (Å²) in [5.41, 5.74) is -0.776. The number of amides is 2. The first-order chi connectivity index (χ1) is 17.6. The molecule has 2 amide bonds. The van der Waals surface area contributed by atoms with Crippen molar-refractivity contribution in [1.82, 2.24) is 20.2 Å². The van der Waals surface area contributed by atoms with Gasteiger partial charge < -0.3 is 19.9 Å². The van der Waals surface area contributed by atoms with Crippen LogP contribution >= 0.6 is 0 Å². The molecule has 1 aromatic carbocycles. The van der Waals surface area contributed by atoms with Crippen LogP contribution in [0.5, 0.6) is 0 Å². The molecule has 1 aliphatic heterocycles. The number of rotatable bonds is 5. The Balaban J connectivity index is 1.55. The number of ether oxygens (including phenoxy) is 1. The number of imidazole rings is 1. The summed E-state index contributed by atoms with van der Waals surface area (Å²) in [5.74, 6) is -0.978. The average molecular weight is 533 g/mol. The van der Waals surface area contributed by atoms with Gasteiger partial charge in [-0.3, -0.25) is 14.4 Å². The fourth-order valence-electron chi connectivity index (χ4n) is 4.40. The zero-order valence-electron chi connectivity index (χ0n) is 21.2. The molecule has 4 rings (SSSR count). The second-order valence-corrected chi connectivity index (χ2v) is 10.3. The van der Waals surface area contributed by atoms with E-state index in [1.54, 1.807) is 32.3 Å². The lowest BCUT2D eigenvalue weighted by atomic mass is 9.99. The number of ketones is 2. The summed E-state index contributed by atoms with van der Waals surface area (Å²) in [6.45, 7) is 6.84. The van der Waals surface area contributed by atoms with Crippen molar-refractivity contribution in [3.63, 3.8) is 0 Å². The molecule has 202 valence electrons. The molecule has 0 saturated heterocycles. The van der Waals surface area contributed by atoms with E-state index in [0.29, 0.717) is 29.9 Å². The molecule has 2 N–H and O–H groups in total. The van der Waals surface area contributed by atoms with Gasteiger partial charge in [0.15, 0.2) is 0 Å². The zero-order valence-corrected chi connectivity index (χ0v) is 21.2. The lowest BCUT2D eigenvalue weighted by Crippen LogP contribution is -2.50. The van der Waals surface area contributed by atoms with Crippen LogP contribution in [0.3, 0.4) is 0 Å². The van der Waals surface area contributed by atoms with Gasteiger partial charge in [0.25, 0.3) is 0 Å². The first-order valence-electron chi connectivity index (χ1n) is 12.0. The molecule has 9 nitrogen and oxygen atoms in total. The lowest BCUT2D eigenvalue weighted by molar-refractivity contribution is -0.137. The van der Waals surface area contributed by atoms with Gasteiger partial charge in [0.1, 0.15) is 28.9 Å². The van der Waals surface area contributed by atoms with E-state index in [1.165, 1.54) is 18.2 Å². The topological polar surface area (TPSA) is 119 Å². The van der Waals surface area contributed by atoms with Crippen LogP contribution in [0.2, 0.25) is 0 Å². The highest BCUT2D eigenvalue weighted by Gasteiger charge is 2.38. The van der Waals surface area contributed by atoms with Crippen LogP contribution in [-0.4, -0.2) is 44.8 Å². The lowest BCUT2D eigenvalue weighted by Gasteiger charge is -2.24. The Morgan fingerprint density at radius 2 is 1.82 bits per heavy atom. The van der Waals surface area contributed by atoms with Crippen molar-refractivity contribution in [2.45, 2.75) is 70.9 Å². The fraction of sp³-hybridized carbons (Fsp3) is 0.423. The van der Waals surface area contributed by atoms with Crippen LogP contribution in [0.15, 0.2) is 35.9 Å². The van der Waals surface area contributed by atoms with Gasteiger partial charge in [-0.1, -0.05) is 12.1 Å². The highest BCUT2D eigenvalue weighted by molar-refractivity contribution is 6.23. The summed E-state index contributed by atoms with van der Waals surface area (Å²) in [7, 11) is 0. The molecular formula is C26H27F3N4O5. The molecule has 12 heteroatoms. The Bertz CT molecular complexity index is 1340. The number of nitrogens with one attached hydrogen (secondary N) is 2. The molecule has 0 unspecified atom stereocenters. The predicted molar refractivity (Wildman–Crippen MR) is 128 cm³/mol. The quantitative estimate of drug-likeness (QED) is 0.603. The van der Waals surface area contributed by atoms with Gasteiger partial charge in [0.05, 0.1) is 11.6 Å². The number of hydrogen-bond acceptors (Lipinski definition) is 6. The number of alkyl carbamates (subject to hydrolysis) is 1. The van der Waals surface area contributed by atoms with Crippen LogP contribution in [0.25, 0.3) is 0 Å². The highest BCUT2D eigenvalue weighted by atomic mass is 19.4. The second-order valence-electron chi connectivity index (χ2n) is 10.3. The third-order valence-electron chi connectivity index (χ3n) is 6.15. The predicted octanol–water partition coefficient (Wildman–Crippen LogP) is 3.92.